The summed E-state index contributed by atoms with van der Waals surface area (Å²) in [4.78, 5) is 20.8. The summed E-state index contributed by atoms with van der Waals surface area (Å²) in [6.45, 7) is 0.456. The molecule has 0 radical (unpaired) electrons. The number of carbonyl (C=O) groups is 1. The third-order valence-corrected chi connectivity index (χ3v) is 4.16. The summed E-state index contributed by atoms with van der Waals surface area (Å²) in [5, 5.41) is 2.94. The summed E-state index contributed by atoms with van der Waals surface area (Å²) in [6.07, 6.45) is 4.10. The van der Waals surface area contributed by atoms with E-state index in [4.69, 9.17) is 4.74 Å². The molecule has 0 saturated carbocycles. The van der Waals surface area contributed by atoms with E-state index < -0.39 is 0 Å². The van der Waals surface area contributed by atoms with Crippen molar-refractivity contribution in [1.82, 2.24) is 15.3 Å². The van der Waals surface area contributed by atoms with Gasteiger partial charge < -0.3 is 10.1 Å². The molecule has 1 atom stereocenters. The lowest BCUT2D eigenvalue weighted by Crippen LogP contribution is -2.34. The molecule has 0 spiro atoms. The first kappa shape index (κ1) is 15.3. The highest BCUT2D eigenvalue weighted by molar-refractivity contribution is 5.94. The number of para-hydroxylation sites is 1. The van der Waals surface area contributed by atoms with E-state index in [0.717, 1.165) is 23.3 Å². The molecular formula is C20H17N3O2. The van der Waals surface area contributed by atoms with Gasteiger partial charge in [0.1, 0.15) is 11.9 Å². The highest BCUT2D eigenvalue weighted by atomic mass is 16.5. The van der Waals surface area contributed by atoms with Crippen molar-refractivity contribution in [2.24, 2.45) is 0 Å². The molecule has 1 aliphatic rings. The quantitative estimate of drug-likeness (QED) is 0.798. The Kier molecular flexibility index (Phi) is 4.12. The van der Waals surface area contributed by atoms with Crippen LogP contribution in [0.5, 0.6) is 5.75 Å². The Labute approximate surface area is 145 Å². The molecule has 5 nitrogen and oxygen atoms in total. The molecule has 3 aromatic rings. The summed E-state index contributed by atoms with van der Waals surface area (Å²) < 4.78 is 6.08. The Morgan fingerprint density at radius 3 is 2.64 bits per heavy atom. The molecule has 0 aliphatic carbocycles. The second-order valence-electron chi connectivity index (χ2n) is 5.89. The van der Waals surface area contributed by atoms with Gasteiger partial charge in [0, 0.05) is 24.4 Å². The van der Waals surface area contributed by atoms with Gasteiger partial charge in [-0.15, -0.1) is 0 Å². The Bertz CT molecular complexity index is 882. The van der Waals surface area contributed by atoms with Crippen LogP contribution in [0, 0.1) is 0 Å². The van der Waals surface area contributed by atoms with Crippen molar-refractivity contribution in [3.8, 4) is 17.1 Å². The number of rotatable bonds is 4. The molecule has 0 unspecified atom stereocenters. The molecule has 2 heterocycles. The van der Waals surface area contributed by atoms with Crippen molar-refractivity contribution in [1.29, 1.82) is 0 Å². The molecule has 2 aromatic carbocycles. The maximum atomic E-state index is 12.2. The fraction of sp³-hybridized carbons (Fsp3) is 0.150. The lowest BCUT2D eigenvalue weighted by atomic mass is 10.1. The number of fused-ring (bicyclic) bond motifs is 1. The number of nitrogens with zero attached hydrogens (tertiary/aromatic N) is 2. The van der Waals surface area contributed by atoms with Crippen LogP contribution >= 0.6 is 0 Å². The fourth-order valence-corrected chi connectivity index (χ4v) is 2.96. The largest absolute Gasteiger partial charge is 0.487 e. The van der Waals surface area contributed by atoms with E-state index in [1.165, 1.54) is 0 Å². The Balaban J connectivity index is 1.46. The van der Waals surface area contributed by atoms with E-state index in [-0.39, 0.29) is 12.0 Å². The van der Waals surface area contributed by atoms with Crippen LogP contribution in [0.15, 0.2) is 67.0 Å². The Hall–Kier alpha value is -3.21. The minimum absolute atomic E-state index is 0.0903. The SMILES string of the molecule is O=C(NC[C@@H]1Cc2cccc(-c3ncccn3)c2O1)c1ccccc1. The molecule has 1 amide bonds. The molecule has 124 valence electrons. The van der Waals surface area contributed by atoms with E-state index >= 15 is 0 Å². The van der Waals surface area contributed by atoms with Gasteiger partial charge in [-0.25, -0.2) is 9.97 Å². The van der Waals surface area contributed by atoms with Gasteiger partial charge >= 0.3 is 0 Å². The van der Waals surface area contributed by atoms with E-state index in [1.54, 1.807) is 30.6 Å². The molecule has 25 heavy (non-hydrogen) atoms. The second kappa shape index (κ2) is 6.73. The van der Waals surface area contributed by atoms with E-state index in [0.29, 0.717) is 17.9 Å². The monoisotopic (exact) mass is 331 g/mol. The van der Waals surface area contributed by atoms with Gasteiger partial charge in [0.15, 0.2) is 5.82 Å². The average molecular weight is 331 g/mol. The summed E-state index contributed by atoms with van der Waals surface area (Å²) >= 11 is 0. The van der Waals surface area contributed by atoms with Crippen molar-refractivity contribution >= 4 is 5.91 Å². The number of hydrogen-bond acceptors (Lipinski definition) is 4. The van der Waals surface area contributed by atoms with Gasteiger partial charge in [0.25, 0.3) is 5.91 Å². The van der Waals surface area contributed by atoms with Gasteiger partial charge in [-0.2, -0.15) is 0 Å². The van der Waals surface area contributed by atoms with E-state index in [9.17, 15) is 4.79 Å². The van der Waals surface area contributed by atoms with Crippen molar-refractivity contribution in [2.45, 2.75) is 12.5 Å². The molecule has 0 fully saturated rings. The predicted molar refractivity (Wildman–Crippen MR) is 94.4 cm³/mol. The first-order valence-corrected chi connectivity index (χ1v) is 8.20. The van der Waals surface area contributed by atoms with Crippen molar-refractivity contribution < 1.29 is 9.53 Å². The second-order valence-corrected chi connectivity index (χ2v) is 5.89. The first-order valence-electron chi connectivity index (χ1n) is 8.20. The van der Waals surface area contributed by atoms with Crippen LogP contribution in [-0.2, 0) is 6.42 Å². The number of nitrogens with one attached hydrogen (secondary N) is 1. The van der Waals surface area contributed by atoms with E-state index in [1.807, 2.05) is 36.4 Å². The van der Waals surface area contributed by atoms with E-state index in [2.05, 4.69) is 15.3 Å². The maximum Gasteiger partial charge on any atom is 0.251 e. The zero-order valence-corrected chi connectivity index (χ0v) is 13.6. The molecule has 4 rings (SSSR count). The number of benzene rings is 2. The zero-order chi connectivity index (χ0) is 17.1. The highest BCUT2D eigenvalue weighted by Crippen LogP contribution is 2.37. The van der Waals surface area contributed by atoms with Crippen LogP contribution < -0.4 is 10.1 Å². The molecule has 0 bridgehead atoms. The Morgan fingerprint density at radius 1 is 1.04 bits per heavy atom. The number of hydrogen-bond donors (Lipinski definition) is 1. The van der Waals surface area contributed by atoms with Crippen LogP contribution in [-0.4, -0.2) is 28.5 Å². The lowest BCUT2D eigenvalue weighted by molar-refractivity contribution is 0.0933. The molecule has 5 heteroatoms. The van der Waals surface area contributed by atoms with Gasteiger partial charge in [0.05, 0.1) is 12.1 Å². The summed E-state index contributed by atoms with van der Waals surface area (Å²) in [6, 6.07) is 17.0. The molecule has 1 aromatic heterocycles. The smallest absolute Gasteiger partial charge is 0.251 e. The third-order valence-electron chi connectivity index (χ3n) is 4.16. The number of aromatic nitrogens is 2. The van der Waals surface area contributed by atoms with Gasteiger partial charge in [-0.1, -0.05) is 30.3 Å². The summed E-state index contributed by atoms with van der Waals surface area (Å²) in [7, 11) is 0. The topological polar surface area (TPSA) is 64.1 Å². The van der Waals surface area contributed by atoms with Crippen LogP contribution in [0.4, 0.5) is 0 Å². The van der Waals surface area contributed by atoms with Gasteiger partial charge in [0.2, 0.25) is 0 Å². The molecule has 1 N–H and O–H groups in total. The van der Waals surface area contributed by atoms with Crippen molar-refractivity contribution in [3.05, 3.63) is 78.1 Å². The number of ether oxygens (including phenoxy) is 1. The van der Waals surface area contributed by atoms with Crippen molar-refractivity contribution in [3.63, 3.8) is 0 Å². The standard InChI is InChI=1S/C20H17N3O2/c24-20(14-6-2-1-3-7-14)23-13-16-12-15-8-4-9-17(18(15)25-16)19-21-10-5-11-22-19/h1-11,16H,12-13H2,(H,23,24)/t16-/m0/s1. The highest BCUT2D eigenvalue weighted by Gasteiger charge is 2.26. The fourth-order valence-electron chi connectivity index (χ4n) is 2.96. The molecular weight excluding hydrogens is 314 g/mol. The zero-order valence-electron chi connectivity index (χ0n) is 13.6. The summed E-state index contributed by atoms with van der Waals surface area (Å²) in [5.74, 6) is 1.37. The first-order chi connectivity index (χ1) is 12.3. The maximum absolute atomic E-state index is 12.2. The predicted octanol–water partition coefficient (Wildman–Crippen LogP) is 2.88. The third kappa shape index (κ3) is 3.21. The van der Waals surface area contributed by atoms with Crippen LogP contribution in [0.1, 0.15) is 15.9 Å². The van der Waals surface area contributed by atoms with Crippen LogP contribution in [0.3, 0.4) is 0 Å². The average Bonchev–Trinajstić information content (AvgIpc) is 3.10. The lowest BCUT2D eigenvalue weighted by Gasteiger charge is -2.13. The molecule has 1 aliphatic heterocycles. The minimum atomic E-state index is -0.0910. The number of carbonyl (C=O) groups excluding carboxylic acids is 1. The molecule has 0 saturated heterocycles. The normalized spacial score (nSPS) is 15.3. The van der Waals surface area contributed by atoms with Crippen molar-refractivity contribution in [2.75, 3.05) is 6.54 Å². The van der Waals surface area contributed by atoms with Crippen LogP contribution in [0.25, 0.3) is 11.4 Å². The Morgan fingerprint density at radius 2 is 1.84 bits per heavy atom. The van der Waals surface area contributed by atoms with Crippen LogP contribution in [0.2, 0.25) is 0 Å². The van der Waals surface area contributed by atoms with Gasteiger partial charge in [-0.05, 0) is 29.8 Å². The summed E-state index contributed by atoms with van der Waals surface area (Å²) in [5.41, 5.74) is 2.65. The van der Waals surface area contributed by atoms with Gasteiger partial charge in [-0.3, -0.25) is 4.79 Å². The minimum Gasteiger partial charge on any atom is -0.487 e. The number of amides is 1.